The lowest BCUT2D eigenvalue weighted by Crippen LogP contribution is -2.54. The summed E-state index contributed by atoms with van der Waals surface area (Å²) in [4.78, 5) is 0. The zero-order valence-corrected chi connectivity index (χ0v) is 10.4. The highest BCUT2D eigenvalue weighted by Gasteiger charge is 2.38. The summed E-state index contributed by atoms with van der Waals surface area (Å²) in [6.45, 7) is 5.69. The third-order valence-electron chi connectivity index (χ3n) is 3.39. The first-order chi connectivity index (χ1) is 7.66. The van der Waals surface area contributed by atoms with Crippen molar-refractivity contribution < 1.29 is 4.74 Å². The Bertz CT molecular complexity index is 356. The van der Waals surface area contributed by atoms with E-state index in [1.165, 1.54) is 18.4 Å². The molecule has 1 aromatic carbocycles. The van der Waals surface area contributed by atoms with Crippen LogP contribution in [0, 0.1) is 5.92 Å². The first-order valence-corrected chi connectivity index (χ1v) is 6.06. The van der Waals surface area contributed by atoms with E-state index < -0.39 is 0 Å². The van der Waals surface area contributed by atoms with Crippen LogP contribution in [0.1, 0.15) is 32.3 Å². The molecule has 1 N–H and O–H groups in total. The van der Waals surface area contributed by atoms with Crippen LogP contribution in [0.5, 0.6) is 5.75 Å². The molecular weight excluding hydrogens is 198 g/mol. The number of methoxy groups -OCH3 is 1. The minimum Gasteiger partial charge on any atom is -0.497 e. The van der Waals surface area contributed by atoms with Crippen molar-refractivity contribution in [2.75, 3.05) is 13.7 Å². The van der Waals surface area contributed by atoms with Gasteiger partial charge in [0.2, 0.25) is 0 Å². The lowest BCUT2D eigenvalue weighted by molar-refractivity contribution is 0.169. The first kappa shape index (κ1) is 11.5. The van der Waals surface area contributed by atoms with Gasteiger partial charge in [0.25, 0.3) is 0 Å². The van der Waals surface area contributed by atoms with Crippen molar-refractivity contribution in [2.45, 2.75) is 32.2 Å². The predicted molar refractivity (Wildman–Crippen MR) is 66.7 cm³/mol. The maximum atomic E-state index is 5.30. The Hall–Kier alpha value is -1.02. The van der Waals surface area contributed by atoms with Crippen LogP contribution < -0.4 is 10.1 Å². The highest BCUT2D eigenvalue weighted by atomic mass is 16.5. The van der Waals surface area contributed by atoms with Crippen molar-refractivity contribution in [3.63, 3.8) is 0 Å². The van der Waals surface area contributed by atoms with Gasteiger partial charge < -0.3 is 10.1 Å². The summed E-state index contributed by atoms with van der Waals surface area (Å²) in [5, 5.41) is 3.60. The van der Waals surface area contributed by atoms with Gasteiger partial charge in [-0.15, -0.1) is 0 Å². The Morgan fingerprint density at radius 2 is 2.19 bits per heavy atom. The van der Waals surface area contributed by atoms with E-state index in [0.29, 0.717) is 5.92 Å². The van der Waals surface area contributed by atoms with Gasteiger partial charge in [-0.3, -0.25) is 0 Å². The number of hydrogen-bond acceptors (Lipinski definition) is 2. The van der Waals surface area contributed by atoms with E-state index in [-0.39, 0.29) is 5.54 Å². The Balaban J connectivity index is 2.25. The van der Waals surface area contributed by atoms with E-state index in [0.717, 1.165) is 12.3 Å². The number of benzene rings is 1. The SMILES string of the molecule is COc1cccc(C2(CC(C)C)CCN2)c1. The lowest BCUT2D eigenvalue weighted by atomic mass is 9.75. The van der Waals surface area contributed by atoms with Gasteiger partial charge in [0.1, 0.15) is 5.75 Å². The van der Waals surface area contributed by atoms with Crippen LogP contribution in [0.2, 0.25) is 0 Å². The highest BCUT2D eigenvalue weighted by molar-refractivity contribution is 5.35. The van der Waals surface area contributed by atoms with Gasteiger partial charge >= 0.3 is 0 Å². The summed E-state index contributed by atoms with van der Waals surface area (Å²) < 4.78 is 5.30. The Kier molecular flexibility index (Phi) is 3.20. The summed E-state index contributed by atoms with van der Waals surface area (Å²) in [7, 11) is 1.72. The summed E-state index contributed by atoms with van der Waals surface area (Å²) in [5.74, 6) is 1.66. The van der Waals surface area contributed by atoms with Crippen molar-refractivity contribution in [3.8, 4) is 5.75 Å². The van der Waals surface area contributed by atoms with Crippen LogP contribution in [-0.2, 0) is 5.54 Å². The molecule has 1 atom stereocenters. The van der Waals surface area contributed by atoms with Crippen molar-refractivity contribution in [2.24, 2.45) is 5.92 Å². The molecule has 1 aliphatic rings. The molecule has 2 rings (SSSR count). The molecule has 0 radical (unpaired) electrons. The highest BCUT2D eigenvalue weighted by Crippen LogP contribution is 2.38. The van der Waals surface area contributed by atoms with Crippen LogP contribution >= 0.6 is 0 Å². The summed E-state index contributed by atoms with van der Waals surface area (Å²) in [6, 6.07) is 8.45. The van der Waals surface area contributed by atoms with Crippen molar-refractivity contribution in [1.29, 1.82) is 0 Å². The van der Waals surface area contributed by atoms with Gasteiger partial charge in [0.05, 0.1) is 7.11 Å². The van der Waals surface area contributed by atoms with Gasteiger partial charge in [0.15, 0.2) is 0 Å². The second-order valence-corrected chi connectivity index (χ2v) is 5.09. The molecule has 1 saturated heterocycles. The van der Waals surface area contributed by atoms with E-state index in [2.05, 4.69) is 37.4 Å². The van der Waals surface area contributed by atoms with Crippen LogP contribution in [0.15, 0.2) is 24.3 Å². The largest absolute Gasteiger partial charge is 0.497 e. The zero-order chi connectivity index (χ0) is 11.6. The average molecular weight is 219 g/mol. The Morgan fingerprint density at radius 1 is 1.44 bits per heavy atom. The summed E-state index contributed by atoms with van der Waals surface area (Å²) in [6.07, 6.45) is 2.43. The minimum atomic E-state index is 0.197. The fourth-order valence-corrected chi connectivity index (χ4v) is 2.58. The normalized spacial score (nSPS) is 24.2. The third kappa shape index (κ3) is 2.07. The van der Waals surface area contributed by atoms with Crippen molar-refractivity contribution in [1.82, 2.24) is 5.32 Å². The number of nitrogens with one attached hydrogen (secondary N) is 1. The summed E-state index contributed by atoms with van der Waals surface area (Å²) in [5.41, 5.74) is 1.56. The zero-order valence-electron chi connectivity index (χ0n) is 10.4. The third-order valence-corrected chi connectivity index (χ3v) is 3.39. The molecule has 1 aromatic rings. The van der Waals surface area contributed by atoms with Gasteiger partial charge in [-0.05, 0) is 43.0 Å². The number of ether oxygens (including phenoxy) is 1. The van der Waals surface area contributed by atoms with Gasteiger partial charge in [-0.25, -0.2) is 0 Å². The standard InChI is InChI=1S/C14H21NO/c1-11(2)10-14(7-8-15-14)12-5-4-6-13(9-12)16-3/h4-6,9,11,15H,7-8,10H2,1-3H3. The monoisotopic (exact) mass is 219 g/mol. The molecule has 16 heavy (non-hydrogen) atoms. The molecule has 1 heterocycles. The van der Waals surface area contributed by atoms with Crippen LogP contribution in [0.25, 0.3) is 0 Å². The molecule has 0 aliphatic carbocycles. The van der Waals surface area contributed by atoms with E-state index in [4.69, 9.17) is 4.74 Å². The number of rotatable bonds is 4. The van der Waals surface area contributed by atoms with Crippen LogP contribution in [-0.4, -0.2) is 13.7 Å². The van der Waals surface area contributed by atoms with Gasteiger partial charge in [0, 0.05) is 5.54 Å². The molecule has 1 aliphatic heterocycles. The fraction of sp³-hybridized carbons (Fsp3) is 0.571. The molecule has 2 nitrogen and oxygen atoms in total. The Labute approximate surface area is 98.0 Å². The molecule has 0 spiro atoms. The minimum absolute atomic E-state index is 0.197. The maximum absolute atomic E-state index is 5.30. The molecule has 88 valence electrons. The smallest absolute Gasteiger partial charge is 0.119 e. The summed E-state index contributed by atoms with van der Waals surface area (Å²) >= 11 is 0. The molecule has 0 bridgehead atoms. The molecule has 1 fully saturated rings. The first-order valence-electron chi connectivity index (χ1n) is 6.06. The van der Waals surface area contributed by atoms with E-state index >= 15 is 0 Å². The van der Waals surface area contributed by atoms with Gasteiger partial charge in [-0.2, -0.15) is 0 Å². The topological polar surface area (TPSA) is 21.3 Å². The maximum Gasteiger partial charge on any atom is 0.119 e. The quantitative estimate of drug-likeness (QED) is 0.840. The van der Waals surface area contributed by atoms with E-state index in [1.54, 1.807) is 7.11 Å². The molecule has 0 aromatic heterocycles. The van der Waals surface area contributed by atoms with Crippen molar-refractivity contribution in [3.05, 3.63) is 29.8 Å². The molecule has 1 unspecified atom stereocenters. The molecule has 0 amide bonds. The average Bonchev–Trinajstić information content (AvgIpc) is 2.23. The second kappa shape index (κ2) is 4.46. The van der Waals surface area contributed by atoms with Crippen molar-refractivity contribution >= 4 is 0 Å². The molecule has 0 saturated carbocycles. The second-order valence-electron chi connectivity index (χ2n) is 5.09. The van der Waals surface area contributed by atoms with Gasteiger partial charge in [-0.1, -0.05) is 26.0 Å². The molecular formula is C14H21NO. The fourth-order valence-electron chi connectivity index (χ4n) is 2.58. The van der Waals surface area contributed by atoms with E-state index in [9.17, 15) is 0 Å². The van der Waals surface area contributed by atoms with Crippen LogP contribution in [0.4, 0.5) is 0 Å². The Morgan fingerprint density at radius 3 is 2.69 bits per heavy atom. The predicted octanol–water partition coefficient (Wildman–Crippen LogP) is 2.93. The number of hydrogen-bond donors (Lipinski definition) is 1. The lowest BCUT2D eigenvalue weighted by Gasteiger charge is -2.45. The van der Waals surface area contributed by atoms with E-state index in [1.807, 2.05) is 6.07 Å². The van der Waals surface area contributed by atoms with Crippen LogP contribution in [0.3, 0.4) is 0 Å². The molecule has 2 heteroatoms.